The van der Waals surface area contributed by atoms with Crippen molar-refractivity contribution in [1.82, 2.24) is 4.90 Å². The second-order valence-electron chi connectivity index (χ2n) is 6.83. The van der Waals surface area contributed by atoms with Gasteiger partial charge in [-0.1, -0.05) is 12.1 Å². The molecule has 0 radical (unpaired) electrons. The van der Waals surface area contributed by atoms with Gasteiger partial charge in [0.2, 0.25) is 5.91 Å². The number of phenols is 1. The Kier molecular flexibility index (Phi) is 3.65. The van der Waals surface area contributed by atoms with E-state index in [0.29, 0.717) is 13.2 Å². The molecule has 2 heterocycles. The second kappa shape index (κ2) is 5.25. The van der Waals surface area contributed by atoms with E-state index in [-0.39, 0.29) is 17.8 Å². The molecule has 1 aromatic rings. The molecular weight excluding hydrogens is 282 g/mol. The molecule has 0 saturated carbocycles. The summed E-state index contributed by atoms with van der Waals surface area (Å²) in [6.07, 6.45) is 0.703. The van der Waals surface area contributed by atoms with Gasteiger partial charge in [0.25, 0.3) is 0 Å². The van der Waals surface area contributed by atoms with Gasteiger partial charge in [-0.3, -0.25) is 4.79 Å². The highest BCUT2D eigenvalue weighted by Gasteiger charge is 2.45. The molecular formula is C17H23NO4. The summed E-state index contributed by atoms with van der Waals surface area (Å²) in [6, 6.07) is 6.92. The number of phenolic OH excluding ortho intramolecular Hbond substituents is 1. The zero-order chi connectivity index (χ0) is 16.0. The molecule has 120 valence electrons. The van der Waals surface area contributed by atoms with E-state index < -0.39 is 11.2 Å². The predicted molar refractivity (Wildman–Crippen MR) is 81.6 cm³/mol. The van der Waals surface area contributed by atoms with Gasteiger partial charge in [0, 0.05) is 13.1 Å². The van der Waals surface area contributed by atoms with Gasteiger partial charge in [-0.15, -0.1) is 0 Å². The number of carbonyl (C=O) groups excluding carboxylic acids is 1. The summed E-state index contributed by atoms with van der Waals surface area (Å²) < 4.78 is 11.4. The number of amides is 1. The van der Waals surface area contributed by atoms with Crippen molar-refractivity contribution in [2.45, 2.75) is 44.5 Å². The van der Waals surface area contributed by atoms with Crippen LogP contribution in [0.5, 0.6) is 5.75 Å². The topological polar surface area (TPSA) is 59.0 Å². The first-order valence-electron chi connectivity index (χ1n) is 7.71. The molecule has 2 aliphatic rings. The Balaban J connectivity index is 1.70. The van der Waals surface area contributed by atoms with E-state index in [2.05, 4.69) is 0 Å². The van der Waals surface area contributed by atoms with E-state index in [0.717, 1.165) is 18.5 Å². The number of hydrogen-bond donors (Lipinski definition) is 1. The van der Waals surface area contributed by atoms with E-state index in [1.165, 1.54) is 0 Å². The third-order valence-corrected chi connectivity index (χ3v) is 4.64. The minimum absolute atomic E-state index is 0.0684. The Morgan fingerprint density at radius 3 is 2.55 bits per heavy atom. The minimum Gasteiger partial charge on any atom is -0.508 e. The number of benzene rings is 1. The number of hydrogen-bond acceptors (Lipinski definition) is 4. The maximum absolute atomic E-state index is 12.8. The van der Waals surface area contributed by atoms with Crippen LogP contribution in [-0.2, 0) is 19.7 Å². The number of likely N-dealkylation sites (tertiary alicyclic amines) is 1. The lowest BCUT2D eigenvalue weighted by Gasteiger charge is -2.25. The van der Waals surface area contributed by atoms with Crippen molar-refractivity contribution >= 4 is 5.91 Å². The molecule has 5 nitrogen and oxygen atoms in total. The fourth-order valence-electron chi connectivity index (χ4n) is 3.29. The van der Waals surface area contributed by atoms with E-state index in [9.17, 15) is 9.90 Å². The van der Waals surface area contributed by atoms with Crippen molar-refractivity contribution in [1.29, 1.82) is 0 Å². The highest BCUT2D eigenvalue weighted by atomic mass is 16.7. The SMILES string of the molecule is CC1(C)OCC(CN2CCC(C)(c3ccc(O)cc3)C2=O)O1. The number of rotatable bonds is 3. The average molecular weight is 305 g/mol. The summed E-state index contributed by atoms with van der Waals surface area (Å²) in [6.45, 7) is 7.55. The molecule has 0 bridgehead atoms. The molecule has 2 saturated heterocycles. The quantitative estimate of drug-likeness (QED) is 0.928. The van der Waals surface area contributed by atoms with E-state index in [1.54, 1.807) is 12.1 Å². The summed E-state index contributed by atoms with van der Waals surface area (Å²) in [5.74, 6) is -0.229. The summed E-state index contributed by atoms with van der Waals surface area (Å²) in [5.41, 5.74) is 0.421. The van der Waals surface area contributed by atoms with E-state index >= 15 is 0 Å². The monoisotopic (exact) mass is 305 g/mol. The van der Waals surface area contributed by atoms with Crippen LogP contribution >= 0.6 is 0 Å². The van der Waals surface area contributed by atoms with Crippen LogP contribution in [-0.4, -0.2) is 47.5 Å². The standard InChI is InChI=1S/C17H23NO4/c1-16(2)21-11-14(22-16)10-18-9-8-17(3,15(18)20)12-4-6-13(19)7-5-12/h4-7,14,19H,8-11H2,1-3H3. The molecule has 1 amide bonds. The number of aromatic hydroxyl groups is 1. The average Bonchev–Trinajstić information content (AvgIpc) is 2.95. The normalized spacial score (nSPS) is 31.0. The van der Waals surface area contributed by atoms with Crippen LogP contribution in [0.4, 0.5) is 0 Å². The van der Waals surface area contributed by atoms with Gasteiger partial charge in [0.05, 0.1) is 12.0 Å². The van der Waals surface area contributed by atoms with Crippen LogP contribution in [0.1, 0.15) is 32.8 Å². The molecule has 2 unspecified atom stereocenters. The Labute approximate surface area is 130 Å². The van der Waals surface area contributed by atoms with Crippen LogP contribution in [0.2, 0.25) is 0 Å². The van der Waals surface area contributed by atoms with Gasteiger partial charge in [0.15, 0.2) is 5.79 Å². The second-order valence-corrected chi connectivity index (χ2v) is 6.83. The van der Waals surface area contributed by atoms with Crippen molar-refractivity contribution < 1.29 is 19.4 Å². The lowest BCUT2D eigenvalue weighted by Crippen LogP contribution is -2.40. The molecule has 2 fully saturated rings. The first kappa shape index (κ1) is 15.3. The van der Waals surface area contributed by atoms with Gasteiger partial charge in [-0.2, -0.15) is 0 Å². The lowest BCUT2D eigenvalue weighted by atomic mass is 9.81. The van der Waals surface area contributed by atoms with Crippen LogP contribution in [0.25, 0.3) is 0 Å². The Bertz CT molecular complexity index is 569. The zero-order valence-electron chi connectivity index (χ0n) is 13.3. The largest absolute Gasteiger partial charge is 0.508 e. The van der Waals surface area contributed by atoms with Gasteiger partial charge >= 0.3 is 0 Å². The van der Waals surface area contributed by atoms with Gasteiger partial charge in [0.1, 0.15) is 11.9 Å². The van der Waals surface area contributed by atoms with Gasteiger partial charge in [-0.05, 0) is 44.9 Å². The Hall–Kier alpha value is -1.59. The molecule has 3 rings (SSSR count). The highest BCUT2D eigenvalue weighted by molar-refractivity contribution is 5.90. The van der Waals surface area contributed by atoms with Gasteiger partial charge in [-0.25, -0.2) is 0 Å². The maximum atomic E-state index is 12.8. The highest BCUT2D eigenvalue weighted by Crippen LogP contribution is 2.36. The number of nitrogens with zero attached hydrogens (tertiary/aromatic N) is 1. The smallest absolute Gasteiger partial charge is 0.233 e. The van der Waals surface area contributed by atoms with E-state index in [4.69, 9.17) is 9.47 Å². The third kappa shape index (κ3) is 2.71. The Morgan fingerprint density at radius 1 is 1.27 bits per heavy atom. The van der Waals surface area contributed by atoms with Crippen molar-refractivity contribution in [2.75, 3.05) is 19.7 Å². The third-order valence-electron chi connectivity index (χ3n) is 4.64. The lowest BCUT2D eigenvalue weighted by molar-refractivity contribution is -0.145. The maximum Gasteiger partial charge on any atom is 0.233 e. The molecule has 0 spiro atoms. The molecule has 0 aliphatic carbocycles. The molecule has 5 heteroatoms. The fourth-order valence-corrected chi connectivity index (χ4v) is 3.29. The van der Waals surface area contributed by atoms with E-state index in [1.807, 2.05) is 37.8 Å². The number of carbonyl (C=O) groups is 1. The van der Waals surface area contributed by atoms with Crippen LogP contribution in [0.15, 0.2) is 24.3 Å². The molecule has 1 aromatic carbocycles. The van der Waals surface area contributed by atoms with Crippen LogP contribution < -0.4 is 0 Å². The van der Waals surface area contributed by atoms with Crippen molar-refractivity contribution in [3.8, 4) is 5.75 Å². The summed E-state index contributed by atoms with van der Waals surface area (Å²) in [7, 11) is 0. The summed E-state index contributed by atoms with van der Waals surface area (Å²) in [5, 5.41) is 9.41. The molecule has 2 atom stereocenters. The number of ether oxygens (including phenoxy) is 2. The van der Waals surface area contributed by atoms with Gasteiger partial charge < -0.3 is 19.5 Å². The Morgan fingerprint density at radius 2 is 1.95 bits per heavy atom. The molecule has 1 N–H and O–H groups in total. The summed E-state index contributed by atoms with van der Waals surface area (Å²) >= 11 is 0. The fraction of sp³-hybridized carbons (Fsp3) is 0.588. The first-order valence-corrected chi connectivity index (χ1v) is 7.71. The van der Waals surface area contributed by atoms with Crippen molar-refractivity contribution in [3.05, 3.63) is 29.8 Å². The molecule has 0 aromatic heterocycles. The van der Waals surface area contributed by atoms with Crippen LogP contribution in [0.3, 0.4) is 0 Å². The molecule has 22 heavy (non-hydrogen) atoms. The predicted octanol–water partition coefficient (Wildman–Crippen LogP) is 2.03. The zero-order valence-corrected chi connectivity index (χ0v) is 13.3. The van der Waals surface area contributed by atoms with Crippen LogP contribution in [0, 0.1) is 0 Å². The van der Waals surface area contributed by atoms with Crippen molar-refractivity contribution in [3.63, 3.8) is 0 Å². The molecule has 2 aliphatic heterocycles. The van der Waals surface area contributed by atoms with Crippen molar-refractivity contribution in [2.24, 2.45) is 0 Å². The minimum atomic E-state index is -0.562. The first-order chi connectivity index (χ1) is 10.3. The summed E-state index contributed by atoms with van der Waals surface area (Å²) in [4.78, 5) is 14.7.